The molecule has 1 aliphatic rings. The maximum absolute atomic E-state index is 10.9. The molecule has 0 unspecified atom stereocenters. The Morgan fingerprint density at radius 2 is 2.07 bits per heavy atom. The monoisotopic (exact) mass is 193 g/mol. The molecule has 0 N–H and O–H groups in total. The molecule has 0 saturated carbocycles. The Morgan fingerprint density at radius 3 is 2.50 bits per heavy atom. The molecule has 1 saturated heterocycles. The summed E-state index contributed by atoms with van der Waals surface area (Å²) in [6.45, 7) is 10.6. The smallest absolute Gasteiger partial charge is 0.130 e. The van der Waals surface area contributed by atoms with Crippen molar-refractivity contribution in [1.82, 2.24) is 4.90 Å². The predicted octanol–water partition coefficient (Wildman–Crippen LogP) is 2.02. The second-order valence-corrected chi connectivity index (χ2v) is 4.48. The zero-order chi connectivity index (χ0) is 10.6. The lowest BCUT2D eigenvalue weighted by Gasteiger charge is -2.24. The summed E-state index contributed by atoms with van der Waals surface area (Å²) in [5.41, 5.74) is 3.51. The summed E-state index contributed by atoms with van der Waals surface area (Å²) in [7, 11) is 0. The lowest BCUT2D eigenvalue weighted by molar-refractivity contribution is -0.113. The van der Waals surface area contributed by atoms with E-state index in [1.165, 1.54) is 12.8 Å². The molecule has 0 radical (unpaired) electrons. The normalized spacial score (nSPS) is 17.9. The molecule has 1 rings (SSSR count). The van der Waals surface area contributed by atoms with Gasteiger partial charge in [0.15, 0.2) is 0 Å². The average Bonchev–Trinajstić information content (AvgIpc) is 2.66. The molecule has 2 nitrogen and oxygen atoms in total. The van der Waals surface area contributed by atoms with Crippen LogP contribution in [0, 0.1) is 5.41 Å². The van der Waals surface area contributed by atoms with Gasteiger partial charge in [0.2, 0.25) is 0 Å². The van der Waals surface area contributed by atoms with E-state index in [0.29, 0.717) is 0 Å². The quantitative estimate of drug-likeness (QED) is 0.503. The van der Waals surface area contributed by atoms with Gasteiger partial charge in [-0.05, 0) is 45.4 Å². The lowest BCUT2D eigenvalue weighted by Crippen LogP contribution is -2.28. The summed E-state index contributed by atoms with van der Waals surface area (Å²) < 4.78 is 0. The van der Waals surface area contributed by atoms with Crippen LogP contribution < -0.4 is 0 Å². The van der Waals surface area contributed by atoms with Gasteiger partial charge in [0.1, 0.15) is 6.29 Å². The predicted molar refractivity (Wildman–Crippen MR) is 58.2 cm³/mol. The van der Waals surface area contributed by atoms with Crippen LogP contribution in [0.5, 0.6) is 0 Å². The maximum atomic E-state index is 10.9. The van der Waals surface area contributed by atoms with E-state index in [2.05, 4.69) is 17.2 Å². The molecule has 2 heteroatoms. The minimum absolute atomic E-state index is 0.412. The van der Waals surface area contributed by atoms with Crippen molar-refractivity contribution in [2.45, 2.75) is 26.7 Å². The van der Waals surface area contributed by atoms with Crippen LogP contribution in [0.4, 0.5) is 0 Å². The number of hydrogen-bond donors (Lipinski definition) is 0. The van der Waals surface area contributed by atoms with Crippen molar-refractivity contribution in [1.29, 1.82) is 0 Å². The minimum Gasteiger partial charge on any atom is -0.302 e. The molecule has 0 aromatic heterocycles. The summed E-state index contributed by atoms with van der Waals surface area (Å²) in [5, 5.41) is 0. The summed E-state index contributed by atoms with van der Waals surface area (Å²) >= 11 is 0. The van der Waals surface area contributed by atoms with Gasteiger partial charge in [-0.1, -0.05) is 6.58 Å². The fraction of sp³-hybridized carbons (Fsp3) is 0.667. The molecule has 0 atom stereocenters. The standard InChI is InChI=1S/C12H19NO/c1-4-11(12(2,3)10-14)9-13-7-5-6-8-13/h10H,1,5-9H2,2-3H3. The number of nitrogens with zero attached hydrogens (tertiary/aromatic N) is 1. The highest BCUT2D eigenvalue weighted by Gasteiger charge is 2.25. The topological polar surface area (TPSA) is 20.3 Å². The number of hydrogen-bond acceptors (Lipinski definition) is 2. The Labute approximate surface area is 86.3 Å². The fourth-order valence-corrected chi connectivity index (χ4v) is 1.72. The van der Waals surface area contributed by atoms with Crippen molar-refractivity contribution in [2.24, 2.45) is 5.41 Å². The molecule has 0 spiro atoms. The second kappa shape index (κ2) is 4.59. The van der Waals surface area contributed by atoms with Crippen molar-refractivity contribution in [3.8, 4) is 0 Å². The van der Waals surface area contributed by atoms with E-state index in [1.807, 2.05) is 13.8 Å². The summed E-state index contributed by atoms with van der Waals surface area (Å²) in [6.07, 6.45) is 3.52. The van der Waals surface area contributed by atoms with E-state index in [4.69, 9.17) is 0 Å². The van der Waals surface area contributed by atoms with Gasteiger partial charge in [-0.3, -0.25) is 4.90 Å². The first kappa shape index (κ1) is 11.2. The first-order valence-electron chi connectivity index (χ1n) is 5.18. The van der Waals surface area contributed by atoms with Gasteiger partial charge in [-0.25, -0.2) is 0 Å². The number of likely N-dealkylation sites (tertiary alicyclic amines) is 1. The molecule has 14 heavy (non-hydrogen) atoms. The molecule has 0 aromatic carbocycles. The summed E-state index contributed by atoms with van der Waals surface area (Å²) in [4.78, 5) is 13.3. The molecule has 1 fully saturated rings. The average molecular weight is 193 g/mol. The molecule has 0 aliphatic carbocycles. The highest BCUT2D eigenvalue weighted by Crippen LogP contribution is 2.24. The van der Waals surface area contributed by atoms with Crippen molar-refractivity contribution >= 4 is 6.29 Å². The number of rotatable bonds is 4. The van der Waals surface area contributed by atoms with Crippen molar-refractivity contribution in [2.75, 3.05) is 19.6 Å². The van der Waals surface area contributed by atoms with Crippen LogP contribution in [0.1, 0.15) is 26.7 Å². The van der Waals surface area contributed by atoms with Crippen LogP contribution in [0.15, 0.2) is 17.9 Å². The SMILES string of the molecule is C=C=C(CN1CCCC1)C(C)(C)C=O. The second-order valence-electron chi connectivity index (χ2n) is 4.48. The number of aldehydes is 1. The van der Waals surface area contributed by atoms with Crippen LogP contribution in [0.3, 0.4) is 0 Å². The number of carbonyl (C=O) groups is 1. The molecule has 0 amide bonds. The van der Waals surface area contributed by atoms with E-state index in [1.54, 1.807) is 0 Å². The van der Waals surface area contributed by atoms with Crippen LogP contribution in [0.25, 0.3) is 0 Å². The van der Waals surface area contributed by atoms with Crippen LogP contribution in [0.2, 0.25) is 0 Å². The molecule has 0 bridgehead atoms. The summed E-state index contributed by atoms with van der Waals surface area (Å²) in [6, 6.07) is 0. The molecule has 1 heterocycles. The van der Waals surface area contributed by atoms with Crippen LogP contribution in [-0.4, -0.2) is 30.8 Å². The van der Waals surface area contributed by atoms with E-state index in [0.717, 1.165) is 31.5 Å². The van der Waals surface area contributed by atoms with E-state index in [-0.39, 0.29) is 0 Å². The first-order chi connectivity index (χ1) is 6.60. The Balaban J connectivity index is 2.64. The zero-order valence-corrected chi connectivity index (χ0v) is 9.18. The third kappa shape index (κ3) is 2.57. The van der Waals surface area contributed by atoms with Crippen LogP contribution in [-0.2, 0) is 4.79 Å². The molecule has 0 aromatic rings. The minimum atomic E-state index is -0.412. The van der Waals surface area contributed by atoms with Crippen molar-refractivity contribution in [3.63, 3.8) is 0 Å². The third-order valence-electron chi connectivity index (χ3n) is 2.87. The van der Waals surface area contributed by atoms with Gasteiger partial charge in [0.25, 0.3) is 0 Å². The van der Waals surface area contributed by atoms with E-state index >= 15 is 0 Å². The van der Waals surface area contributed by atoms with Gasteiger partial charge >= 0.3 is 0 Å². The molecular weight excluding hydrogens is 174 g/mol. The van der Waals surface area contributed by atoms with Gasteiger partial charge in [0, 0.05) is 12.0 Å². The highest BCUT2D eigenvalue weighted by molar-refractivity contribution is 5.63. The van der Waals surface area contributed by atoms with Gasteiger partial charge in [0.05, 0.1) is 0 Å². The van der Waals surface area contributed by atoms with Gasteiger partial charge in [-0.2, -0.15) is 0 Å². The van der Waals surface area contributed by atoms with Crippen molar-refractivity contribution in [3.05, 3.63) is 17.9 Å². The highest BCUT2D eigenvalue weighted by atomic mass is 16.1. The van der Waals surface area contributed by atoms with E-state index < -0.39 is 5.41 Å². The number of carbonyl (C=O) groups excluding carboxylic acids is 1. The molecular formula is C12H19NO. The third-order valence-corrected chi connectivity index (χ3v) is 2.87. The largest absolute Gasteiger partial charge is 0.302 e. The van der Waals surface area contributed by atoms with Crippen LogP contribution >= 0.6 is 0 Å². The van der Waals surface area contributed by atoms with Gasteiger partial charge in [-0.15, -0.1) is 5.73 Å². The fourth-order valence-electron chi connectivity index (χ4n) is 1.72. The Kier molecular flexibility index (Phi) is 3.68. The first-order valence-corrected chi connectivity index (χ1v) is 5.18. The van der Waals surface area contributed by atoms with Gasteiger partial charge < -0.3 is 4.79 Å². The molecule has 78 valence electrons. The van der Waals surface area contributed by atoms with Crippen molar-refractivity contribution < 1.29 is 4.79 Å². The Morgan fingerprint density at radius 1 is 1.50 bits per heavy atom. The maximum Gasteiger partial charge on any atom is 0.130 e. The molecule has 1 aliphatic heterocycles. The zero-order valence-electron chi connectivity index (χ0n) is 9.18. The van der Waals surface area contributed by atoms with E-state index in [9.17, 15) is 4.79 Å². The summed E-state index contributed by atoms with van der Waals surface area (Å²) in [5.74, 6) is 0. The Bertz CT molecular complexity index is 255. The lowest BCUT2D eigenvalue weighted by atomic mass is 9.86. The Hall–Kier alpha value is -0.850.